The standard InChI is InChI=1S/C10H14ClNO2S/c1-7(12)5-8-3-4-10(9(11)6-8)15(2,13)14/h3-4,6-7H,5,12H2,1-2H3. The second-order valence-electron chi connectivity index (χ2n) is 3.72. The summed E-state index contributed by atoms with van der Waals surface area (Å²) in [5, 5.41) is 0.260. The van der Waals surface area contributed by atoms with E-state index in [0.717, 1.165) is 11.8 Å². The predicted octanol–water partition coefficient (Wildman–Crippen LogP) is 1.63. The number of halogens is 1. The Bertz CT molecular complexity index is 454. The van der Waals surface area contributed by atoms with Crippen molar-refractivity contribution in [2.75, 3.05) is 6.26 Å². The molecule has 1 atom stereocenters. The van der Waals surface area contributed by atoms with Gasteiger partial charge < -0.3 is 5.73 Å². The Balaban J connectivity index is 3.09. The lowest BCUT2D eigenvalue weighted by atomic mass is 10.1. The van der Waals surface area contributed by atoms with Crippen LogP contribution in [0.3, 0.4) is 0 Å². The third-order valence-electron chi connectivity index (χ3n) is 1.95. The van der Waals surface area contributed by atoms with E-state index < -0.39 is 9.84 Å². The average Bonchev–Trinajstić information content (AvgIpc) is 1.99. The van der Waals surface area contributed by atoms with Crippen molar-refractivity contribution in [3.63, 3.8) is 0 Å². The third kappa shape index (κ3) is 3.48. The van der Waals surface area contributed by atoms with Crippen molar-refractivity contribution in [3.8, 4) is 0 Å². The van der Waals surface area contributed by atoms with E-state index >= 15 is 0 Å². The maximum absolute atomic E-state index is 11.3. The summed E-state index contributed by atoms with van der Waals surface area (Å²) in [5.41, 5.74) is 6.58. The number of rotatable bonds is 3. The highest BCUT2D eigenvalue weighted by Gasteiger charge is 2.12. The topological polar surface area (TPSA) is 60.2 Å². The normalized spacial score (nSPS) is 13.9. The van der Waals surface area contributed by atoms with E-state index in [0.29, 0.717) is 6.42 Å². The molecule has 1 unspecified atom stereocenters. The van der Waals surface area contributed by atoms with Crippen LogP contribution in [0, 0.1) is 0 Å². The van der Waals surface area contributed by atoms with Gasteiger partial charge in [-0.3, -0.25) is 0 Å². The van der Waals surface area contributed by atoms with Crippen LogP contribution in [0.1, 0.15) is 12.5 Å². The number of benzene rings is 1. The summed E-state index contributed by atoms with van der Waals surface area (Å²) >= 11 is 5.88. The van der Waals surface area contributed by atoms with E-state index in [2.05, 4.69) is 0 Å². The fraction of sp³-hybridized carbons (Fsp3) is 0.400. The van der Waals surface area contributed by atoms with Crippen molar-refractivity contribution in [3.05, 3.63) is 28.8 Å². The van der Waals surface area contributed by atoms with Gasteiger partial charge in [0.2, 0.25) is 0 Å². The molecule has 0 saturated heterocycles. The highest BCUT2D eigenvalue weighted by atomic mass is 35.5. The van der Waals surface area contributed by atoms with Gasteiger partial charge in [0.1, 0.15) is 0 Å². The number of hydrogen-bond acceptors (Lipinski definition) is 3. The molecule has 0 aromatic heterocycles. The first kappa shape index (κ1) is 12.5. The minimum Gasteiger partial charge on any atom is -0.328 e. The van der Waals surface area contributed by atoms with Crippen LogP contribution in [0.2, 0.25) is 5.02 Å². The molecule has 0 aliphatic carbocycles. The SMILES string of the molecule is CC(N)Cc1ccc(S(C)(=O)=O)c(Cl)c1. The maximum Gasteiger partial charge on any atom is 0.176 e. The summed E-state index contributed by atoms with van der Waals surface area (Å²) < 4.78 is 22.6. The molecule has 1 aromatic rings. The molecule has 0 amide bonds. The van der Waals surface area contributed by atoms with Gasteiger partial charge in [-0.2, -0.15) is 0 Å². The maximum atomic E-state index is 11.3. The van der Waals surface area contributed by atoms with E-state index in [4.69, 9.17) is 17.3 Å². The van der Waals surface area contributed by atoms with Gasteiger partial charge in [0, 0.05) is 12.3 Å². The zero-order valence-corrected chi connectivity index (χ0v) is 10.3. The molecule has 0 radical (unpaired) electrons. The van der Waals surface area contributed by atoms with Crippen molar-refractivity contribution in [1.29, 1.82) is 0 Å². The van der Waals surface area contributed by atoms with Crippen LogP contribution >= 0.6 is 11.6 Å². The average molecular weight is 248 g/mol. The Kier molecular flexibility index (Phi) is 3.76. The third-order valence-corrected chi connectivity index (χ3v) is 3.53. The first-order valence-corrected chi connectivity index (χ1v) is 6.81. The molecule has 0 aliphatic rings. The largest absolute Gasteiger partial charge is 0.328 e. The Morgan fingerprint density at radius 3 is 2.47 bits per heavy atom. The molecule has 84 valence electrons. The van der Waals surface area contributed by atoms with Gasteiger partial charge >= 0.3 is 0 Å². The number of hydrogen-bond donors (Lipinski definition) is 1. The van der Waals surface area contributed by atoms with Crippen molar-refractivity contribution in [2.45, 2.75) is 24.3 Å². The lowest BCUT2D eigenvalue weighted by Gasteiger charge is -2.07. The molecule has 1 rings (SSSR count). The smallest absolute Gasteiger partial charge is 0.176 e. The second-order valence-corrected chi connectivity index (χ2v) is 6.11. The molecule has 1 aromatic carbocycles. The van der Waals surface area contributed by atoms with Crippen molar-refractivity contribution >= 4 is 21.4 Å². The molecule has 0 spiro atoms. The zero-order valence-electron chi connectivity index (χ0n) is 8.70. The molecule has 5 heteroatoms. The quantitative estimate of drug-likeness (QED) is 0.883. The summed E-state index contributed by atoms with van der Waals surface area (Å²) in [6, 6.07) is 4.95. The van der Waals surface area contributed by atoms with Gasteiger partial charge in [-0.25, -0.2) is 8.42 Å². The summed E-state index contributed by atoms with van der Waals surface area (Å²) in [6.07, 6.45) is 1.82. The van der Waals surface area contributed by atoms with Crippen molar-refractivity contribution < 1.29 is 8.42 Å². The molecular weight excluding hydrogens is 234 g/mol. The van der Waals surface area contributed by atoms with Crippen LogP contribution in [0.25, 0.3) is 0 Å². The van der Waals surface area contributed by atoms with Crippen LogP contribution < -0.4 is 5.73 Å². The second kappa shape index (κ2) is 4.51. The summed E-state index contributed by atoms with van der Waals surface area (Å²) in [6.45, 7) is 1.89. The Labute approximate surface area is 95.2 Å². The van der Waals surface area contributed by atoms with Crippen LogP contribution in [-0.4, -0.2) is 20.7 Å². The summed E-state index contributed by atoms with van der Waals surface area (Å²) in [7, 11) is -3.24. The van der Waals surface area contributed by atoms with Crippen molar-refractivity contribution in [1.82, 2.24) is 0 Å². The van der Waals surface area contributed by atoms with Gasteiger partial charge in [-0.1, -0.05) is 17.7 Å². The Morgan fingerprint density at radius 2 is 2.07 bits per heavy atom. The van der Waals surface area contributed by atoms with Gasteiger partial charge in [0.05, 0.1) is 9.92 Å². The first-order valence-electron chi connectivity index (χ1n) is 4.55. The van der Waals surface area contributed by atoms with Crippen molar-refractivity contribution in [2.24, 2.45) is 5.73 Å². The zero-order chi connectivity index (χ0) is 11.6. The minimum atomic E-state index is -3.24. The first-order chi connectivity index (χ1) is 6.80. The molecule has 0 bridgehead atoms. The van der Waals surface area contributed by atoms with Crippen LogP contribution in [0.15, 0.2) is 23.1 Å². The highest BCUT2D eigenvalue weighted by molar-refractivity contribution is 7.90. The van der Waals surface area contributed by atoms with Crippen LogP contribution in [-0.2, 0) is 16.3 Å². The minimum absolute atomic E-state index is 0.0325. The van der Waals surface area contributed by atoms with E-state index in [1.807, 2.05) is 6.92 Å². The molecular formula is C10H14ClNO2S. The molecule has 2 N–H and O–H groups in total. The Hall–Kier alpha value is -0.580. The lowest BCUT2D eigenvalue weighted by Crippen LogP contribution is -2.17. The van der Waals surface area contributed by atoms with Gasteiger partial charge in [-0.05, 0) is 31.0 Å². The van der Waals surface area contributed by atoms with Gasteiger partial charge in [0.15, 0.2) is 9.84 Å². The predicted molar refractivity (Wildman–Crippen MR) is 61.9 cm³/mol. The molecule has 0 aliphatic heterocycles. The number of nitrogens with two attached hydrogens (primary N) is 1. The highest BCUT2D eigenvalue weighted by Crippen LogP contribution is 2.22. The van der Waals surface area contributed by atoms with Gasteiger partial charge in [0.25, 0.3) is 0 Å². The number of sulfone groups is 1. The molecule has 15 heavy (non-hydrogen) atoms. The lowest BCUT2D eigenvalue weighted by molar-refractivity contribution is 0.602. The molecule has 0 saturated carbocycles. The summed E-state index contributed by atoms with van der Waals surface area (Å²) in [5.74, 6) is 0. The van der Waals surface area contributed by atoms with E-state index in [-0.39, 0.29) is 16.0 Å². The molecule has 0 heterocycles. The Morgan fingerprint density at radius 1 is 1.47 bits per heavy atom. The van der Waals surface area contributed by atoms with E-state index in [9.17, 15) is 8.42 Å². The fourth-order valence-electron chi connectivity index (χ4n) is 1.34. The van der Waals surface area contributed by atoms with Crippen LogP contribution in [0.4, 0.5) is 0 Å². The van der Waals surface area contributed by atoms with Gasteiger partial charge in [-0.15, -0.1) is 0 Å². The van der Waals surface area contributed by atoms with E-state index in [1.165, 1.54) is 6.07 Å². The molecule has 0 fully saturated rings. The van der Waals surface area contributed by atoms with E-state index in [1.54, 1.807) is 12.1 Å². The van der Waals surface area contributed by atoms with Crippen LogP contribution in [0.5, 0.6) is 0 Å². The fourth-order valence-corrected chi connectivity index (χ4v) is 2.70. The molecule has 3 nitrogen and oxygen atoms in total. The monoisotopic (exact) mass is 247 g/mol. The summed E-state index contributed by atoms with van der Waals surface area (Å²) in [4.78, 5) is 0.164.